The van der Waals surface area contributed by atoms with E-state index in [0.717, 1.165) is 19.4 Å². The maximum absolute atomic E-state index is 11.7. The molecule has 20 heavy (non-hydrogen) atoms. The standard InChI is InChI=1S/C13H20N4O3/c1-13(2,3)20-12(19)17-11-15-9(7-10(18)16-11)8-5-4-6-14-8/h7-8,14H,4-6H2,1-3H3,(H2,15,16,17,18,19). The molecule has 110 valence electrons. The molecule has 0 aromatic carbocycles. The molecule has 1 atom stereocenters. The highest BCUT2D eigenvalue weighted by Gasteiger charge is 2.20. The largest absolute Gasteiger partial charge is 0.444 e. The van der Waals surface area contributed by atoms with Gasteiger partial charge in [0.05, 0.1) is 5.69 Å². The van der Waals surface area contributed by atoms with E-state index in [0.29, 0.717) is 5.69 Å². The van der Waals surface area contributed by atoms with Gasteiger partial charge in [-0.05, 0) is 40.2 Å². The molecule has 1 aliphatic rings. The van der Waals surface area contributed by atoms with Crippen LogP contribution in [0.25, 0.3) is 0 Å². The molecule has 2 rings (SSSR count). The SMILES string of the molecule is CC(C)(C)OC(=O)Nc1nc(C2CCCN2)cc(=O)[nH]1. The number of nitrogens with zero attached hydrogens (tertiary/aromatic N) is 1. The topological polar surface area (TPSA) is 96.1 Å². The fraction of sp³-hybridized carbons (Fsp3) is 0.615. The van der Waals surface area contributed by atoms with E-state index in [4.69, 9.17) is 4.74 Å². The van der Waals surface area contributed by atoms with Gasteiger partial charge in [-0.3, -0.25) is 15.1 Å². The Balaban J connectivity index is 2.12. The first-order valence-corrected chi connectivity index (χ1v) is 6.68. The summed E-state index contributed by atoms with van der Waals surface area (Å²) in [6, 6.07) is 1.51. The second-order valence-corrected chi connectivity index (χ2v) is 5.79. The average molecular weight is 280 g/mol. The summed E-state index contributed by atoms with van der Waals surface area (Å²) >= 11 is 0. The van der Waals surface area contributed by atoms with E-state index < -0.39 is 11.7 Å². The van der Waals surface area contributed by atoms with Gasteiger partial charge < -0.3 is 10.1 Å². The van der Waals surface area contributed by atoms with Crippen molar-refractivity contribution in [3.63, 3.8) is 0 Å². The van der Waals surface area contributed by atoms with Gasteiger partial charge in [0.1, 0.15) is 5.60 Å². The van der Waals surface area contributed by atoms with E-state index >= 15 is 0 Å². The minimum atomic E-state index is -0.641. The van der Waals surface area contributed by atoms with Crippen molar-refractivity contribution in [3.8, 4) is 0 Å². The minimum Gasteiger partial charge on any atom is -0.444 e. The highest BCUT2D eigenvalue weighted by atomic mass is 16.6. The van der Waals surface area contributed by atoms with Gasteiger partial charge in [0, 0.05) is 12.1 Å². The summed E-state index contributed by atoms with van der Waals surface area (Å²) in [5.74, 6) is 0.107. The molecule has 0 spiro atoms. The maximum atomic E-state index is 11.7. The fourth-order valence-electron chi connectivity index (χ4n) is 2.05. The number of nitrogens with one attached hydrogen (secondary N) is 3. The van der Waals surface area contributed by atoms with Gasteiger partial charge in [0.2, 0.25) is 5.95 Å². The number of anilines is 1. The Kier molecular flexibility index (Phi) is 4.08. The number of hydrogen-bond donors (Lipinski definition) is 3. The average Bonchev–Trinajstić information content (AvgIpc) is 2.78. The zero-order chi connectivity index (χ0) is 14.8. The highest BCUT2D eigenvalue weighted by molar-refractivity contribution is 5.82. The second-order valence-electron chi connectivity index (χ2n) is 5.79. The van der Waals surface area contributed by atoms with Crippen LogP contribution in [0.4, 0.5) is 10.7 Å². The molecule has 1 aromatic heterocycles. The Bertz CT molecular complexity index is 541. The molecule has 7 nitrogen and oxygen atoms in total. The first-order chi connectivity index (χ1) is 9.33. The van der Waals surface area contributed by atoms with E-state index in [9.17, 15) is 9.59 Å². The van der Waals surface area contributed by atoms with Gasteiger partial charge in [0.25, 0.3) is 5.56 Å². The second kappa shape index (κ2) is 5.62. The third kappa shape index (κ3) is 4.06. The van der Waals surface area contributed by atoms with E-state index in [1.165, 1.54) is 6.07 Å². The van der Waals surface area contributed by atoms with Gasteiger partial charge in [0.15, 0.2) is 0 Å². The Labute approximate surface area is 117 Å². The van der Waals surface area contributed by atoms with Crippen molar-refractivity contribution in [1.82, 2.24) is 15.3 Å². The molecular formula is C13H20N4O3. The number of ether oxygens (including phenoxy) is 1. The molecule has 3 N–H and O–H groups in total. The van der Waals surface area contributed by atoms with Crippen molar-refractivity contribution >= 4 is 12.0 Å². The first kappa shape index (κ1) is 14.5. The van der Waals surface area contributed by atoms with Crippen LogP contribution in [0.2, 0.25) is 0 Å². The third-order valence-corrected chi connectivity index (χ3v) is 2.80. The van der Waals surface area contributed by atoms with Gasteiger partial charge in [-0.1, -0.05) is 0 Å². The number of hydrogen-bond acceptors (Lipinski definition) is 5. The van der Waals surface area contributed by atoms with Crippen LogP contribution in [0, 0.1) is 0 Å². The monoisotopic (exact) mass is 280 g/mol. The molecule has 0 saturated carbocycles. The van der Waals surface area contributed by atoms with Crippen molar-refractivity contribution in [1.29, 1.82) is 0 Å². The van der Waals surface area contributed by atoms with Crippen molar-refractivity contribution in [3.05, 3.63) is 22.1 Å². The predicted molar refractivity (Wildman–Crippen MR) is 74.7 cm³/mol. The number of carbonyl (C=O) groups excluding carboxylic acids is 1. The van der Waals surface area contributed by atoms with E-state index in [1.807, 2.05) is 0 Å². The van der Waals surface area contributed by atoms with Crippen LogP contribution in [0.15, 0.2) is 10.9 Å². The summed E-state index contributed by atoms with van der Waals surface area (Å²) < 4.78 is 5.12. The lowest BCUT2D eigenvalue weighted by Gasteiger charge is -2.19. The zero-order valence-electron chi connectivity index (χ0n) is 11.9. The van der Waals surface area contributed by atoms with Crippen molar-refractivity contribution in [2.75, 3.05) is 11.9 Å². The normalized spacial score (nSPS) is 18.9. The molecule has 0 radical (unpaired) electrons. The molecule has 0 bridgehead atoms. The molecule has 2 heterocycles. The van der Waals surface area contributed by atoms with Gasteiger partial charge >= 0.3 is 6.09 Å². The summed E-state index contributed by atoms with van der Waals surface area (Å²) in [4.78, 5) is 30.0. The summed E-state index contributed by atoms with van der Waals surface area (Å²) in [6.07, 6.45) is 1.34. The number of amides is 1. The highest BCUT2D eigenvalue weighted by Crippen LogP contribution is 2.20. The first-order valence-electron chi connectivity index (χ1n) is 6.68. The lowest BCUT2D eigenvalue weighted by Crippen LogP contribution is -2.29. The van der Waals surface area contributed by atoms with Crippen molar-refractivity contribution in [2.45, 2.75) is 45.3 Å². The Morgan fingerprint density at radius 2 is 2.25 bits per heavy atom. The smallest absolute Gasteiger partial charge is 0.414 e. The molecule has 1 unspecified atom stereocenters. The van der Waals surface area contributed by atoms with Crippen molar-refractivity contribution < 1.29 is 9.53 Å². The number of H-pyrrole nitrogens is 1. The summed E-state index contributed by atoms with van der Waals surface area (Å²) in [5, 5.41) is 5.71. The Morgan fingerprint density at radius 3 is 2.85 bits per heavy atom. The predicted octanol–water partition coefficient (Wildman–Crippen LogP) is 1.54. The molecular weight excluding hydrogens is 260 g/mol. The van der Waals surface area contributed by atoms with Crippen molar-refractivity contribution in [2.24, 2.45) is 0 Å². The molecule has 0 aliphatic carbocycles. The van der Waals surface area contributed by atoms with Crippen LogP contribution >= 0.6 is 0 Å². The third-order valence-electron chi connectivity index (χ3n) is 2.80. The summed E-state index contributed by atoms with van der Waals surface area (Å²) in [6.45, 7) is 6.21. The summed E-state index contributed by atoms with van der Waals surface area (Å²) in [7, 11) is 0. The van der Waals surface area contributed by atoms with Crippen LogP contribution in [0.1, 0.15) is 45.3 Å². The van der Waals surface area contributed by atoms with Crippen LogP contribution in [0.3, 0.4) is 0 Å². The summed E-state index contributed by atoms with van der Waals surface area (Å²) in [5.41, 5.74) is -0.262. The fourth-order valence-corrected chi connectivity index (χ4v) is 2.05. The van der Waals surface area contributed by atoms with E-state index in [1.54, 1.807) is 20.8 Å². The molecule has 1 aromatic rings. The quantitative estimate of drug-likeness (QED) is 0.763. The van der Waals surface area contributed by atoms with Gasteiger partial charge in [-0.2, -0.15) is 0 Å². The van der Waals surface area contributed by atoms with E-state index in [2.05, 4.69) is 20.6 Å². The number of aromatic amines is 1. The Hall–Kier alpha value is -1.89. The Morgan fingerprint density at radius 1 is 1.50 bits per heavy atom. The van der Waals surface area contributed by atoms with Crippen LogP contribution in [-0.4, -0.2) is 28.2 Å². The van der Waals surface area contributed by atoms with Crippen LogP contribution < -0.4 is 16.2 Å². The van der Waals surface area contributed by atoms with Crippen LogP contribution in [-0.2, 0) is 4.74 Å². The lowest BCUT2D eigenvalue weighted by atomic mass is 10.1. The number of carbonyl (C=O) groups is 1. The van der Waals surface area contributed by atoms with Gasteiger partial charge in [-0.15, -0.1) is 0 Å². The zero-order valence-corrected chi connectivity index (χ0v) is 11.9. The molecule has 1 saturated heterocycles. The molecule has 1 amide bonds. The number of rotatable bonds is 2. The minimum absolute atomic E-state index is 0.0662. The van der Waals surface area contributed by atoms with Gasteiger partial charge in [-0.25, -0.2) is 9.78 Å². The van der Waals surface area contributed by atoms with E-state index in [-0.39, 0.29) is 17.5 Å². The maximum Gasteiger partial charge on any atom is 0.414 e. The molecule has 7 heteroatoms. The van der Waals surface area contributed by atoms with Crippen LogP contribution in [0.5, 0.6) is 0 Å². The number of aromatic nitrogens is 2. The molecule has 1 fully saturated rings. The lowest BCUT2D eigenvalue weighted by molar-refractivity contribution is 0.0634. The molecule has 1 aliphatic heterocycles.